The Kier molecular flexibility index (Phi) is 3.82. The van der Waals surface area contributed by atoms with E-state index in [9.17, 15) is 4.21 Å². The first-order chi connectivity index (χ1) is 12.1. The van der Waals surface area contributed by atoms with E-state index in [2.05, 4.69) is 4.57 Å². The minimum atomic E-state index is -1.74. The molecule has 1 unspecified atom stereocenters. The Labute approximate surface area is 156 Å². The molecule has 2 aliphatic rings. The van der Waals surface area contributed by atoms with Crippen LogP contribution in [0.25, 0.3) is 21.8 Å². The highest BCUT2D eigenvalue weighted by Crippen LogP contribution is 2.39. The quantitative estimate of drug-likeness (QED) is 0.621. The van der Waals surface area contributed by atoms with E-state index < -0.39 is 11.4 Å². The molecule has 2 saturated heterocycles. The Bertz CT molecular complexity index is 961. The van der Waals surface area contributed by atoms with E-state index in [1.807, 2.05) is 36.4 Å². The molecule has 130 valence electrons. The van der Waals surface area contributed by atoms with Crippen LogP contribution in [0.2, 0.25) is 10.0 Å². The molecule has 0 radical (unpaired) electrons. The molecule has 0 N–H and O–H groups in total. The maximum absolute atomic E-state index is 11.7. The van der Waals surface area contributed by atoms with Gasteiger partial charge >= 0.3 is 11.4 Å². The fraction of sp³-hybridized carbons (Fsp3) is 0.294. The predicted molar refractivity (Wildman–Crippen MR) is 97.2 cm³/mol. The number of fused-ring (bicyclic) bond motifs is 4. The molecular formula is C17H13Cl2NO4S. The van der Waals surface area contributed by atoms with Crippen LogP contribution in [0.4, 0.5) is 0 Å². The van der Waals surface area contributed by atoms with Crippen molar-refractivity contribution in [1.29, 1.82) is 0 Å². The molecule has 0 amide bonds. The van der Waals surface area contributed by atoms with Gasteiger partial charge in [0.2, 0.25) is 0 Å². The van der Waals surface area contributed by atoms with Gasteiger partial charge in [-0.2, -0.15) is 4.21 Å². The van der Waals surface area contributed by atoms with Crippen LogP contribution < -0.4 is 0 Å². The summed E-state index contributed by atoms with van der Waals surface area (Å²) in [4.78, 5) is 0. The maximum Gasteiger partial charge on any atom is 0.305 e. The molecule has 0 bridgehead atoms. The van der Waals surface area contributed by atoms with E-state index >= 15 is 0 Å². The van der Waals surface area contributed by atoms with E-state index in [0.717, 1.165) is 21.8 Å². The van der Waals surface area contributed by atoms with Gasteiger partial charge in [-0.15, -0.1) is 0 Å². The molecule has 2 aliphatic heterocycles. The van der Waals surface area contributed by atoms with Gasteiger partial charge in [0.15, 0.2) is 0 Å². The van der Waals surface area contributed by atoms with Gasteiger partial charge in [0.1, 0.15) is 12.2 Å². The van der Waals surface area contributed by atoms with Crippen LogP contribution in [0.1, 0.15) is 6.04 Å². The van der Waals surface area contributed by atoms with Crippen molar-refractivity contribution in [3.63, 3.8) is 0 Å². The van der Waals surface area contributed by atoms with Crippen LogP contribution in [0, 0.1) is 0 Å². The lowest BCUT2D eigenvalue weighted by Crippen LogP contribution is -2.43. The van der Waals surface area contributed by atoms with Crippen molar-refractivity contribution in [2.45, 2.75) is 18.2 Å². The third-order valence-electron chi connectivity index (χ3n) is 4.77. The van der Waals surface area contributed by atoms with Crippen molar-refractivity contribution in [1.82, 2.24) is 4.57 Å². The molecule has 0 aliphatic carbocycles. The molecule has 2 fully saturated rings. The number of rotatable bonds is 1. The monoisotopic (exact) mass is 397 g/mol. The van der Waals surface area contributed by atoms with E-state index in [1.54, 1.807) is 0 Å². The molecule has 8 heteroatoms. The number of hydrogen-bond donors (Lipinski definition) is 0. The topological polar surface area (TPSA) is 49.7 Å². The van der Waals surface area contributed by atoms with Crippen LogP contribution in [0.3, 0.4) is 0 Å². The molecule has 4 atom stereocenters. The lowest BCUT2D eigenvalue weighted by Gasteiger charge is -2.32. The minimum Gasteiger partial charge on any atom is -0.376 e. The van der Waals surface area contributed by atoms with Crippen molar-refractivity contribution in [2.75, 3.05) is 13.2 Å². The second kappa shape index (κ2) is 5.94. The molecule has 3 aromatic rings. The lowest BCUT2D eigenvalue weighted by molar-refractivity contribution is -0.0519. The van der Waals surface area contributed by atoms with Gasteiger partial charge in [-0.1, -0.05) is 23.2 Å². The number of aromatic nitrogens is 1. The minimum absolute atomic E-state index is 0.160. The molecule has 2 aromatic carbocycles. The van der Waals surface area contributed by atoms with Gasteiger partial charge in [-0.3, -0.25) is 8.37 Å². The Balaban J connectivity index is 1.78. The Hall–Kier alpha value is -1.15. The standard InChI is InChI=1S/C17H13Cl2NO4S/c18-9-1-3-13-11(5-9)12-6-10(19)2-4-14(12)20(13)15-7-22-8-16-17(15)24-25(21)23-16/h1-6,15-17H,7-8H2/t15-,16-,17+,25?/m0/s1. The summed E-state index contributed by atoms with van der Waals surface area (Å²) in [5, 5.41) is 3.33. The Morgan fingerprint density at radius 2 is 1.60 bits per heavy atom. The fourth-order valence-corrected chi connectivity index (χ4v) is 4.93. The summed E-state index contributed by atoms with van der Waals surface area (Å²) < 4.78 is 30.4. The van der Waals surface area contributed by atoms with E-state index in [4.69, 9.17) is 36.3 Å². The number of nitrogens with zero attached hydrogens (tertiary/aromatic N) is 1. The van der Waals surface area contributed by atoms with Crippen molar-refractivity contribution < 1.29 is 17.3 Å². The first-order valence-corrected chi connectivity index (χ1v) is 9.60. The number of ether oxygens (including phenoxy) is 1. The van der Waals surface area contributed by atoms with Gasteiger partial charge in [-0.25, -0.2) is 0 Å². The number of benzene rings is 2. The highest BCUT2D eigenvalue weighted by molar-refractivity contribution is 7.75. The van der Waals surface area contributed by atoms with E-state index in [-0.39, 0.29) is 18.2 Å². The number of hydrogen-bond acceptors (Lipinski definition) is 4. The largest absolute Gasteiger partial charge is 0.376 e. The molecule has 5 rings (SSSR count). The molecular weight excluding hydrogens is 385 g/mol. The van der Waals surface area contributed by atoms with Crippen LogP contribution in [0.5, 0.6) is 0 Å². The molecule has 0 saturated carbocycles. The summed E-state index contributed by atoms with van der Waals surface area (Å²) >= 11 is 10.7. The van der Waals surface area contributed by atoms with Crippen LogP contribution in [-0.4, -0.2) is 34.2 Å². The third-order valence-corrected chi connectivity index (χ3v) is 6.02. The summed E-state index contributed by atoms with van der Waals surface area (Å²) in [7, 11) is 0. The summed E-state index contributed by atoms with van der Waals surface area (Å²) in [5.41, 5.74) is 1.99. The Morgan fingerprint density at radius 3 is 2.24 bits per heavy atom. The van der Waals surface area contributed by atoms with Gasteiger partial charge in [0.05, 0.1) is 19.3 Å². The fourth-order valence-electron chi connectivity index (χ4n) is 3.74. The van der Waals surface area contributed by atoms with Crippen LogP contribution >= 0.6 is 23.2 Å². The predicted octanol–water partition coefficient (Wildman–Crippen LogP) is 4.04. The summed E-state index contributed by atoms with van der Waals surface area (Å²) in [6.07, 6.45) is -0.675. The van der Waals surface area contributed by atoms with Crippen molar-refractivity contribution >= 4 is 56.4 Å². The summed E-state index contributed by atoms with van der Waals surface area (Å²) in [6, 6.07) is 11.4. The third kappa shape index (κ3) is 2.51. The highest BCUT2D eigenvalue weighted by Gasteiger charge is 2.45. The summed E-state index contributed by atoms with van der Waals surface area (Å²) in [6.45, 7) is 0.827. The van der Waals surface area contributed by atoms with Crippen LogP contribution in [-0.2, 0) is 24.5 Å². The van der Waals surface area contributed by atoms with Gasteiger partial charge in [-0.05, 0) is 36.4 Å². The average molecular weight is 398 g/mol. The SMILES string of the molecule is O=S1O[C@H]2[C@H](COC[C@@H]2n2c3ccc(Cl)cc3c3cc(Cl)ccc32)O1. The second-order valence-corrected chi connectivity index (χ2v) is 7.86. The molecule has 5 nitrogen and oxygen atoms in total. The number of halogens is 2. The maximum atomic E-state index is 11.7. The van der Waals surface area contributed by atoms with Crippen molar-refractivity contribution in [3.05, 3.63) is 46.4 Å². The average Bonchev–Trinajstić information content (AvgIpc) is 3.11. The van der Waals surface area contributed by atoms with Gasteiger partial charge in [0, 0.05) is 31.9 Å². The van der Waals surface area contributed by atoms with Crippen molar-refractivity contribution in [3.8, 4) is 0 Å². The zero-order valence-electron chi connectivity index (χ0n) is 12.9. The van der Waals surface area contributed by atoms with Crippen molar-refractivity contribution in [2.24, 2.45) is 0 Å². The normalized spacial score (nSPS) is 29.4. The van der Waals surface area contributed by atoms with Gasteiger partial charge < -0.3 is 9.30 Å². The smallest absolute Gasteiger partial charge is 0.305 e. The molecule has 0 spiro atoms. The first-order valence-electron chi connectivity index (χ1n) is 7.84. The lowest BCUT2D eigenvalue weighted by atomic mass is 10.0. The first kappa shape index (κ1) is 16.1. The molecule has 25 heavy (non-hydrogen) atoms. The van der Waals surface area contributed by atoms with E-state index in [1.165, 1.54) is 0 Å². The van der Waals surface area contributed by atoms with Crippen LogP contribution in [0.15, 0.2) is 36.4 Å². The molecule has 3 heterocycles. The van der Waals surface area contributed by atoms with Gasteiger partial charge in [0.25, 0.3) is 0 Å². The second-order valence-electron chi connectivity index (χ2n) is 6.20. The van der Waals surface area contributed by atoms with E-state index in [0.29, 0.717) is 23.3 Å². The summed E-state index contributed by atoms with van der Waals surface area (Å²) in [5.74, 6) is 0. The highest BCUT2D eigenvalue weighted by atomic mass is 35.5. The zero-order chi connectivity index (χ0) is 17.1. The molecule has 1 aromatic heterocycles. The zero-order valence-corrected chi connectivity index (χ0v) is 15.2. The Morgan fingerprint density at radius 1 is 0.960 bits per heavy atom.